The standard InChI is InChI=1S/C12H16N2O3/c1-2-3-8-17-10-7-5-4-6-9(10)14-12(16)11(13)15/h4-7H,2-3,8H2,1H3,(H2,13,15)(H,14,16). The summed E-state index contributed by atoms with van der Waals surface area (Å²) in [6.07, 6.45) is 1.95. The summed E-state index contributed by atoms with van der Waals surface area (Å²) in [5.74, 6) is -1.33. The topological polar surface area (TPSA) is 81.4 Å². The molecule has 0 bridgehead atoms. The molecule has 0 radical (unpaired) electrons. The molecule has 0 aliphatic carbocycles. The fraction of sp³-hybridized carbons (Fsp3) is 0.333. The number of unbranched alkanes of at least 4 members (excludes halogenated alkanes) is 1. The quantitative estimate of drug-likeness (QED) is 0.597. The first-order valence-corrected chi connectivity index (χ1v) is 5.47. The van der Waals surface area contributed by atoms with E-state index in [-0.39, 0.29) is 0 Å². The maximum absolute atomic E-state index is 11.2. The van der Waals surface area contributed by atoms with Crippen molar-refractivity contribution in [2.24, 2.45) is 5.73 Å². The third-order valence-electron chi connectivity index (χ3n) is 2.11. The Bertz CT molecular complexity index is 404. The van der Waals surface area contributed by atoms with Gasteiger partial charge in [-0.15, -0.1) is 0 Å². The van der Waals surface area contributed by atoms with E-state index in [4.69, 9.17) is 10.5 Å². The summed E-state index contributed by atoms with van der Waals surface area (Å²) in [7, 11) is 0. The number of hydrogen-bond acceptors (Lipinski definition) is 3. The van der Waals surface area contributed by atoms with Crippen LogP contribution in [0.1, 0.15) is 19.8 Å². The minimum atomic E-state index is -1.02. The fourth-order valence-corrected chi connectivity index (χ4v) is 1.21. The van der Waals surface area contributed by atoms with Gasteiger partial charge in [-0.25, -0.2) is 0 Å². The van der Waals surface area contributed by atoms with Crippen molar-refractivity contribution in [3.63, 3.8) is 0 Å². The Labute approximate surface area is 99.9 Å². The van der Waals surface area contributed by atoms with Crippen LogP contribution in [0.3, 0.4) is 0 Å². The Hall–Kier alpha value is -2.04. The number of benzene rings is 1. The number of hydrogen-bond donors (Lipinski definition) is 2. The lowest BCUT2D eigenvalue weighted by Crippen LogP contribution is -2.29. The van der Waals surface area contributed by atoms with Crippen molar-refractivity contribution in [2.75, 3.05) is 11.9 Å². The molecule has 0 saturated carbocycles. The smallest absolute Gasteiger partial charge is 0.313 e. The van der Waals surface area contributed by atoms with Gasteiger partial charge in [0.1, 0.15) is 5.75 Å². The number of carbonyl (C=O) groups is 2. The van der Waals surface area contributed by atoms with Crippen molar-refractivity contribution in [3.8, 4) is 5.75 Å². The van der Waals surface area contributed by atoms with Crippen LogP contribution >= 0.6 is 0 Å². The predicted octanol–water partition coefficient (Wildman–Crippen LogP) is 1.29. The first kappa shape index (κ1) is 13.0. The van der Waals surface area contributed by atoms with Crippen LogP contribution in [0.15, 0.2) is 24.3 Å². The van der Waals surface area contributed by atoms with E-state index in [1.54, 1.807) is 24.3 Å². The first-order valence-electron chi connectivity index (χ1n) is 5.47. The van der Waals surface area contributed by atoms with Gasteiger partial charge in [0.05, 0.1) is 12.3 Å². The van der Waals surface area contributed by atoms with Gasteiger partial charge in [-0.1, -0.05) is 25.5 Å². The number of nitrogens with one attached hydrogen (secondary N) is 1. The highest BCUT2D eigenvalue weighted by molar-refractivity contribution is 6.39. The molecule has 1 rings (SSSR count). The highest BCUT2D eigenvalue weighted by Gasteiger charge is 2.11. The van der Waals surface area contributed by atoms with Gasteiger partial charge >= 0.3 is 11.8 Å². The SMILES string of the molecule is CCCCOc1ccccc1NC(=O)C(N)=O. The lowest BCUT2D eigenvalue weighted by Gasteiger charge is -2.11. The predicted molar refractivity (Wildman–Crippen MR) is 64.7 cm³/mol. The number of ether oxygens (including phenoxy) is 1. The molecule has 0 unspecified atom stereocenters. The molecule has 5 heteroatoms. The van der Waals surface area contributed by atoms with Gasteiger partial charge < -0.3 is 15.8 Å². The zero-order chi connectivity index (χ0) is 12.7. The maximum Gasteiger partial charge on any atom is 0.313 e. The van der Waals surface area contributed by atoms with Gasteiger partial charge in [-0.3, -0.25) is 9.59 Å². The van der Waals surface area contributed by atoms with Crippen molar-refractivity contribution < 1.29 is 14.3 Å². The molecule has 5 nitrogen and oxygen atoms in total. The Kier molecular flexibility index (Phi) is 5.00. The van der Waals surface area contributed by atoms with Gasteiger partial charge in [-0.05, 0) is 18.6 Å². The zero-order valence-electron chi connectivity index (χ0n) is 9.73. The van der Waals surface area contributed by atoms with Crippen LogP contribution in [0.2, 0.25) is 0 Å². The summed E-state index contributed by atoms with van der Waals surface area (Å²) in [6.45, 7) is 2.63. The summed E-state index contributed by atoms with van der Waals surface area (Å²) in [4.78, 5) is 21.8. The monoisotopic (exact) mass is 236 g/mol. The molecule has 0 aliphatic rings. The number of nitrogens with two attached hydrogens (primary N) is 1. The van der Waals surface area contributed by atoms with Crippen LogP contribution in [0.25, 0.3) is 0 Å². The van der Waals surface area contributed by atoms with E-state index in [0.717, 1.165) is 12.8 Å². The third kappa shape index (κ3) is 4.14. The van der Waals surface area contributed by atoms with Crippen LogP contribution in [0, 0.1) is 0 Å². The van der Waals surface area contributed by atoms with Crippen molar-refractivity contribution in [1.82, 2.24) is 0 Å². The second kappa shape index (κ2) is 6.52. The van der Waals surface area contributed by atoms with E-state index in [0.29, 0.717) is 18.0 Å². The highest BCUT2D eigenvalue weighted by atomic mass is 16.5. The van der Waals surface area contributed by atoms with Crippen LogP contribution in [-0.4, -0.2) is 18.4 Å². The molecule has 0 heterocycles. The molecule has 0 saturated heterocycles. The summed E-state index contributed by atoms with van der Waals surface area (Å²) in [5, 5.41) is 2.40. The van der Waals surface area contributed by atoms with Gasteiger partial charge in [-0.2, -0.15) is 0 Å². The molecule has 0 aliphatic heterocycles. The van der Waals surface area contributed by atoms with Crippen molar-refractivity contribution in [1.29, 1.82) is 0 Å². The molecule has 1 aromatic rings. The van der Waals surface area contributed by atoms with E-state index >= 15 is 0 Å². The van der Waals surface area contributed by atoms with Crippen LogP contribution in [-0.2, 0) is 9.59 Å². The fourth-order valence-electron chi connectivity index (χ4n) is 1.21. The van der Waals surface area contributed by atoms with E-state index in [1.165, 1.54) is 0 Å². The molecule has 3 N–H and O–H groups in total. The van der Waals surface area contributed by atoms with E-state index in [1.807, 2.05) is 0 Å². The molecule has 0 fully saturated rings. The maximum atomic E-state index is 11.2. The van der Waals surface area contributed by atoms with E-state index in [2.05, 4.69) is 12.2 Å². The van der Waals surface area contributed by atoms with Crippen molar-refractivity contribution in [3.05, 3.63) is 24.3 Å². The Morgan fingerprint density at radius 1 is 1.35 bits per heavy atom. The molecule has 2 amide bonds. The zero-order valence-corrected chi connectivity index (χ0v) is 9.73. The second-order valence-electron chi connectivity index (χ2n) is 3.52. The lowest BCUT2D eigenvalue weighted by molar-refractivity contribution is -0.134. The summed E-state index contributed by atoms with van der Waals surface area (Å²) >= 11 is 0. The molecular weight excluding hydrogens is 220 g/mol. The Morgan fingerprint density at radius 2 is 2.06 bits per heavy atom. The molecule has 0 spiro atoms. The molecule has 92 valence electrons. The van der Waals surface area contributed by atoms with Gasteiger partial charge in [0.15, 0.2) is 0 Å². The average molecular weight is 236 g/mol. The largest absolute Gasteiger partial charge is 0.491 e. The van der Waals surface area contributed by atoms with Crippen LogP contribution in [0.5, 0.6) is 5.75 Å². The minimum absolute atomic E-state index is 0.451. The minimum Gasteiger partial charge on any atom is -0.491 e. The molecule has 1 aromatic carbocycles. The molecule has 0 atom stereocenters. The molecule has 17 heavy (non-hydrogen) atoms. The Morgan fingerprint density at radius 3 is 2.71 bits per heavy atom. The van der Waals surface area contributed by atoms with Gasteiger partial charge in [0.25, 0.3) is 0 Å². The Balaban J connectivity index is 2.70. The normalized spacial score (nSPS) is 9.71. The van der Waals surface area contributed by atoms with Crippen molar-refractivity contribution >= 4 is 17.5 Å². The van der Waals surface area contributed by atoms with Crippen LogP contribution in [0.4, 0.5) is 5.69 Å². The summed E-state index contributed by atoms with van der Waals surface area (Å²) < 4.78 is 5.49. The first-order chi connectivity index (χ1) is 8.15. The van der Waals surface area contributed by atoms with Crippen LogP contribution < -0.4 is 15.8 Å². The number of amides is 2. The second-order valence-corrected chi connectivity index (χ2v) is 3.52. The number of anilines is 1. The van der Waals surface area contributed by atoms with Crippen molar-refractivity contribution in [2.45, 2.75) is 19.8 Å². The van der Waals surface area contributed by atoms with Gasteiger partial charge in [0, 0.05) is 0 Å². The van der Waals surface area contributed by atoms with E-state index in [9.17, 15) is 9.59 Å². The highest BCUT2D eigenvalue weighted by Crippen LogP contribution is 2.23. The van der Waals surface area contributed by atoms with E-state index < -0.39 is 11.8 Å². The molecular formula is C12H16N2O3. The number of rotatable bonds is 5. The summed E-state index contributed by atoms with van der Waals surface area (Å²) in [5.41, 5.74) is 5.32. The summed E-state index contributed by atoms with van der Waals surface area (Å²) in [6, 6.07) is 6.92. The number of primary amides is 1. The lowest BCUT2D eigenvalue weighted by atomic mass is 10.3. The third-order valence-corrected chi connectivity index (χ3v) is 2.11. The number of carbonyl (C=O) groups excluding carboxylic acids is 2. The average Bonchev–Trinajstić information content (AvgIpc) is 2.31. The number of para-hydroxylation sites is 2. The van der Waals surface area contributed by atoms with Gasteiger partial charge in [0.2, 0.25) is 0 Å². The molecule has 0 aromatic heterocycles.